The normalized spacial score (nSPS) is 22.7. The Labute approximate surface area is 111 Å². The number of rotatable bonds is 7. The van der Waals surface area contributed by atoms with Crippen molar-refractivity contribution < 1.29 is 4.79 Å². The van der Waals surface area contributed by atoms with Crippen LogP contribution in [0.1, 0.15) is 40.0 Å². The van der Waals surface area contributed by atoms with Crippen LogP contribution in [0.5, 0.6) is 0 Å². The smallest absolute Gasteiger partial charge is 0.233 e. The summed E-state index contributed by atoms with van der Waals surface area (Å²) in [5.74, 6) is 0.783. The number of likely N-dealkylation sites (tertiary alicyclic amines) is 1. The lowest BCUT2D eigenvalue weighted by atomic mass is 9.91. The summed E-state index contributed by atoms with van der Waals surface area (Å²) in [5.41, 5.74) is 0. The summed E-state index contributed by atoms with van der Waals surface area (Å²) >= 11 is 0. The molecule has 0 spiro atoms. The Hall–Kier alpha value is -0.610. The maximum absolute atomic E-state index is 11.4. The fourth-order valence-electron chi connectivity index (χ4n) is 2.70. The summed E-state index contributed by atoms with van der Waals surface area (Å²) in [5, 5.41) is 6.18. The summed E-state index contributed by atoms with van der Waals surface area (Å²) in [6, 6.07) is 0.423. The highest BCUT2D eigenvalue weighted by Crippen LogP contribution is 2.19. The fourth-order valence-corrected chi connectivity index (χ4v) is 2.70. The average Bonchev–Trinajstić information content (AvgIpc) is 2.37. The molecule has 2 unspecified atom stereocenters. The summed E-state index contributed by atoms with van der Waals surface area (Å²) in [6.07, 6.45) is 3.80. The lowest BCUT2D eigenvalue weighted by Crippen LogP contribution is -2.47. The maximum Gasteiger partial charge on any atom is 0.233 e. The van der Waals surface area contributed by atoms with Crippen molar-refractivity contribution in [3.05, 3.63) is 0 Å². The molecule has 1 aliphatic heterocycles. The molecule has 2 N–H and O–H groups in total. The minimum atomic E-state index is 0.102. The van der Waals surface area contributed by atoms with Crippen molar-refractivity contribution in [2.45, 2.75) is 46.1 Å². The van der Waals surface area contributed by atoms with Crippen LogP contribution >= 0.6 is 0 Å². The number of piperidine rings is 1. The summed E-state index contributed by atoms with van der Waals surface area (Å²) in [4.78, 5) is 14.0. The number of nitrogens with zero attached hydrogens (tertiary/aromatic N) is 1. The molecule has 1 fully saturated rings. The first-order valence-corrected chi connectivity index (χ1v) is 7.39. The zero-order valence-corrected chi connectivity index (χ0v) is 12.2. The van der Waals surface area contributed by atoms with Gasteiger partial charge in [0, 0.05) is 19.1 Å². The third-order valence-corrected chi connectivity index (χ3v) is 3.75. The number of carbonyl (C=O) groups excluding carboxylic acids is 1. The highest BCUT2D eigenvalue weighted by molar-refractivity contribution is 5.77. The number of amides is 1. The van der Waals surface area contributed by atoms with Crippen LogP contribution in [0.25, 0.3) is 0 Å². The second kappa shape index (κ2) is 8.48. The SMILES string of the molecule is CCCN1CCCC(C(C)NCC(=O)NCC)C1. The van der Waals surface area contributed by atoms with Gasteiger partial charge in [-0.15, -0.1) is 0 Å². The van der Waals surface area contributed by atoms with Crippen molar-refractivity contribution in [2.75, 3.05) is 32.7 Å². The van der Waals surface area contributed by atoms with Crippen LogP contribution in [0.15, 0.2) is 0 Å². The van der Waals surface area contributed by atoms with Crippen molar-refractivity contribution >= 4 is 5.91 Å². The van der Waals surface area contributed by atoms with E-state index in [1.807, 2.05) is 6.92 Å². The van der Waals surface area contributed by atoms with Crippen LogP contribution in [0.3, 0.4) is 0 Å². The molecule has 0 aromatic heterocycles. The summed E-state index contributed by atoms with van der Waals surface area (Å²) < 4.78 is 0. The van der Waals surface area contributed by atoms with Crippen molar-refractivity contribution in [3.8, 4) is 0 Å². The molecule has 0 saturated carbocycles. The molecule has 0 aromatic rings. The van der Waals surface area contributed by atoms with E-state index < -0.39 is 0 Å². The first kappa shape index (κ1) is 15.4. The standard InChI is InChI=1S/C14H29N3O/c1-4-8-17-9-6-7-13(11-17)12(3)16-10-14(18)15-5-2/h12-13,16H,4-11H2,1-3H3,(H,15,18). The highest BCUT2D eigenvalue weighted by Gasteiger charge is 2.24. The van der Waals surface area contributed by atoms with Gasteiger partial charge in [-0.2, -0.15) is 0 Å². The van der Waals surface area contributed by atoms with Gasteiger partial charge in [-0.05, 0) is 52.1 Å². The molecule has 0 aromatic carbocycles. The van der Waals surface area contributed by atoms with E-state index in [-0.39, 0.29) is 5.91 Å². The molecule has 1 heterocycles. The van der Waals surface area contributed by atoms with E-state index in [1.165, 1.54) is 38.9 Å². The van der Waals surface area contributed by atoms with E-state index in [0.29, 0.717) is 25.0 Å². The molecule has 2 atom stereocenters. The third-order valence-electron chi connectivity index (χ3n) is 3.75. The Kier molecular flexibility index (Phi) is 7.28. The Morgan fingerprint density at radius 2 is 2.22 bits per heavy atom. The zero-order valence-electron chi connectivity index (χ0n) is 12.2. The lowest BCUT2D eigenvalue weighted by molar-refractivity contribution is -0.120. The van der Waals surface area contributed by atoms with Crippen molar-refractivity contribution in [1.82, 2.24) is 15.5 Å². The third kappa shape index (κ3) is 5.36. The molecule has 1 aliphatic rings. The van der Waals surface area contributed by atoms with Gasteiger partial charge in [0.1, 0.15) is 0 Å². The lowest BCUT2D eigenvalue weighted by Gasteiger charge is -2.36. The Bertz CT molecular complexity index is 243. The van der Waals surface area contributed by atoms with Crippen molar-refractivity contribution in [2.24, 2.45) is 5.92 Å². The second-order valence-corrected chi connectivity index (χ2v) is 5.33. The molecule has 0 radical (unpaired) electrons. The first-order chi connectivity index (χ1) is 8.67. The number of hydrogen-bond donors (Lipinski definition) is 2. The predicted octanol–water partition coefficient (Wildman–Crippen LogP) is 1.22. The molecule has 4 nitrogen and oxygen atoms in total. The van der Waals surface area contributed by atoms with E-state index in [0.717, 1.165) is 0 Å². The molecular weight excluding hydrogens is 226 g/mol. The highest BCUT2D eigenvalue weighted by atomic mass is 16.1. The van der Waals surface area contributed by atoms with Gasteiger partial charge >= 0.3 is 0 Å². The van der Waals surface area contributed by atoms with Gasteiger partial charge in [-0.3, -0.25) is 4.79 Å². The molecule has 18 heavy (non-hydrogen) atoms. The minimum Gasteiger partial charge on any atom is -0.355 e. The molecular formula is C14H29N3O. The minimum absolute atomic E-state index is 0.102. The Balaban J connectivity index is 2.27. The van der Waals surface area contributed by atoms with Gasteiger partial charge < -0.3 is 15.5 Å². The monoisotopic (exact) mass is 255 g/mol. The van der Waals surface area contributed by atoms with E-state index in [2.05, 4.69) is 29.4 Å². The van der Waals surface area contributed by atoms with Crippen molar-refractivity contribution in [1.29, 1.82) is 0 Å². The molecule has 1 saturated heterocycles. The Morgan fingerprint density at radius 1 is 1.44 bits per heavy atom. The first-order valence-electron chi connectivity index (χ1n) is 7.39. The van der Waals surface area contributed by atoms with Crippen LogP contribution in [-0.4, -0.2) is 49.6 Å². The van der Waals surface area contributed by atoms with Crippen LogP contribution < -0.4 is 10.6 Å². The van der Waals surface area contributed by atoms with Gasteiger partial charge in [0.15, 0.2) is 0 Å². The van der Waals surface area contributed by atoms with E-state index >= 15 is 0 Å². The quantitative estimate of drug-likeness (QED) is 0.719. The van der Waals surface area contributed by atoms with Gasteiger partial charge in [0.05, 0.1) is 6.54 Å². The number of nitrogens with one attached hydrogen (secondary N) is 2. The van der Waals surface area contributed by atoms with E-state index in [9.17, 15) is 4.79 Å². The van der Waals surface area contributed by atoms with E-state index in [1.54, 1.807) is 0 Å². The topological polar surface area (TPSA) is 44.4 Å². The predicted molar refractivity (Wildman–Crippen MR) is 75.6 cm³/mol. The van der Waals surface area contributed by atoms with E-state index in [4.69, 9.17) is 0 Å². The van der Waals surface area contributed by atoms with Gasteiger partial charge in [0.2, 0.25) is 5.91 Å². The second-order valence-electron chi connectivity index (χ2n) is 5.33. The van der Waals surface area contributed by atoms with Crippen molar-refractivity contribution in [3.63, 3.8) is 0 Å². The average molecular weight is 255 g/mol. The molecule has 4 heteroatoms. The zero-order chi connectivity index (χ0) is 13.4. The number of likely N-dealkylation sites (N-methyl/N-ethyl adjacent to an activating group) is 1. The molecule has 1 amide bonds. The molecule has 106 valence electrons. The molecule has 0 bridgehead atoms. The number of carbonyl (C=O) groups is 1. The van der Waals surface area contributed by atoms with Gasteiger partial charge in [-0.1, -0.05) is 6.92 Å². The number of hydrogen-bond acceptors (Lipinski definition) is 3. The van der Waals surface area contributed by atoms with Gasteiger partial charge in [0.25, 0.3) is 0 Å². The molecule has 1 rings (SSSR count). The Morgan fingerprint density at radius 3 is 2.89 bits per heavy atom. The fraction of sp³-hybridized carbons (Fsp3) is 0.929. The summed E-state index contributed by atoms with van der Waals surface area (Å²) in [6.45, 7) is 11.2. The van der Waals surface area contributed by atoms with Gasteiger partial charge in [-0.25, -0.2) is 0 Å². The van der Waals surface area contributed by atoms with Crippen LogP contribution in [0.4, 0.5) is 0 Å². The van der Waals surface area contributed by atoms with Crippen LogP contribution in [-0.2, 0) is 4.79 Å². The van der Waals surface area contributed by atoms with Crippen LogP contribution in [0, 0.1) is 5.92 Å². The van der Waals surface area contributed by atoms with Crippen LogP contribution in [0.2, 0.25) is 0 Å². The summed E-state index contributed by atoms with van der Waals surface area (Å²) in [7, 11) is 0. The largest absolute Gasteiger partial charge is 0.355 e. The maximum atomic E-state index is 11.4. The molecule has 0 aliphatic carbocycles.